The van der Waals surface area contributed by atoms with Gasteiger partial charge in [0.2, 0.25) is 5.91 Å². The molecule has 0 bridgehead atoms. The second-order valence-electron chi connectivity index (χ2n) is 9.53. The van der Waals surface area contributed by atoms with Gasteiger partial charge in [0, 0.05) is 44.3 Å². The number of carbonyl (C=O) groups excluding carboxylic acids is 3. The van der Waals surface area contributed by atoms with Crippen LogP contribution in [-0.4, -0.2) is 102 Å². The van der Waals surface area contributed by atoms with Crippen LogP contribution in [0.25, 0.3) is 0 Å². The molecule has 1 aromatic rings. The van der Waals surface area contributed by atoms with Crippen LogP contribution in [0.1, 0.15) is 24.8 Å². The number of morpholine rings is 1. The van der Waals surface area contributed by atoms with E-state index in [2.05, 4.69) is 17.4 Å². The molecule has 4 aliphatic heterocycles. The standard InChI is InChI=1S/C24H32ClN5O4/c25-19-5-3-17(4-6-19)1-2-18-7-9-28(10-8-18)30-23(32)21-16-26-15-20(29(21)24(30)33)22(31)27-11-13-34-14-12-27/h3-6,18,20-21,26H,1-2,7-16H2. The highest BCUT2D eigenvalue weighted by atomic mass is 35.5. The molecule has 9 nitrogen and oxygen atoms in total. The Balaban J connectivity index is 1.19. The number of aryl methyl sites for hydroxylation is 1. The number of hydrazine groups is 1. The first-order valence-corrected chi connectivity index (χ1v) is 12.6. The van der Waals surface area contributed by atoms with Gasteiger partial charge in [0.05, 0.1) is 13.2 Å². The summed E-state index contributed by atoms with van der Waals surface area (Å²) in [5.74, 6) is 0.223. The Kier molecular flexibility index (Phi) is 7.06. The van der Waals surface area contributed by atoms with Gasteiger partial charge < -0.3 is 15.0 Å². The van der Waals surface area contributed by atoms with E-state index in [-0.39, 0.29) is 17.8 Å². The van der Waals surface area contributed by atoms with E-state index in [0.29, 0.717) is 58.4 Å². The van der Waals surface area contributed by atoms with E-state index in [1.165, 1.54) is 15.5 Å². The highest BCUT2D eigenvalue weighted by molar-refractivity contribution is 6.30. The number of piperazine rings is 1. The summed E-state index contributed by atoms with van der Waals surface area (Å²) in [6, 6.07) is 6.34. The van der Waals surface area contributed by atoms with E-state index in [1.54, 1.807) is 4.90 Å². The lowest BCUT2D eigenvalue weighted by atomic mass is 9.91. The zero-order chi connectivity index (χ0) is 23.7. The van der Waals surface area contributed by atoms with Gasteiger partial charge in [0.25, 0.3) is 5.91 Å². The average molecular weight is 490 g/mol. The zero-order valence-electron chi connectivity index (χ0n) is 19.3. The number of rotatable bonds is 5. The van der Waals surface area contributed by atoms with Crippen molar-refractivity contribution < 1.29 is 19.1 Å². The fourth-order valence-corrected chi connectivity index (χ4v) is 5.61. The van der Waals surface area contributed by atoms with Crippen LogP contribution in [0.2, 0.25) is 5.02 Å². The molecule has 1 N–H and O–H groups in total. The van der Waals surface area contributed by atoms with Crippen molar-refractivity contribution in [1.29, 1.82) is 0 Å². The maximum absolute atomic E-state index is 13.4. The SMILES string of the molecule is O=C(C1CNCC2C(=O)N(N3CCC(CCc4ccc(Cl)cc4)CC3)C(=O)N12)N1CCOCC1. The molecule has 184 valence electrons. The van der Waals surface area contributed by atoms with E-state index in [0.717, 1.165) is 30.7 Å². The van der Waals surface area contributed by atoms with Crippen molar-refractivity contribution >= 4 is 29.4 Å². The first-order valence-electron chi connectivity index (χ1n) is 12.3. The molecule has 0 saturated carbocycles. The number of imide groups is 1. The Morgan fingerprint density at radius 1 is 1.03 bits per heavy atom. The van der Waals surface area contributed by atoms with Gasteiger partial charge in [-0.2, -0.15) is 5.01 Å². The molecule has 0 radical (unpaired) electrons. The Hall–Kier alpha value is -2.20. The number of hydrogen-bond donors (Lipinski definition) is 1. The van der Waals surface area contributed by atoms with Gasteiger partial charge in [0.1, 0.15) is 12.1 Å². The molecule has 0 spiro atoms. The number of piperidine rings is 1. The number of carbonyl (C=O) groups is 3. The summed E-state index contributed by atoms with van der Waals surface area (Å²) in [6.45, 7) is 4.12. The minimum atomic E-state index is -0.657. The normalized spacial score (nSPS) is 26.8. The van der Waals surface area contributed by atoms with Crippen LogP contribution in [0.5, 0.6) is 0 Å². The van der Waals surface area contributed by atoms with Crippen molar-refractivity contribution in [2.75, 3.05) is 52.5 Å². The Bertz CT molecular complexity index is 914. The van der Waals surface area contributed by atoms with Gasteiger partial charge >= 0.3 is 6.03 Å². The third-order valence-corrected chi connectivity index (χ3v) is 7.73. The molecule has 10 heteroatoms. The lowest BCUT2D eigenvalue weighted by molar-refractivity contribution is -0.143. The summed E-state index contributed by atoms with van der Waals surface area (Å²) in [4.78, 5) is 43.1. The fourth-order valence-electron chi connectivity index (χ4n) is 5.48. The van der Waals surface area contributed by atoms with Crippen LogP contribution < -0.4 is 5.32 Å². The molecule has 5 rings (SSSR count). The number of nitrogens with zero attached hydrogens (tertiary/aromatic N) is 4. The van der Waals surface area contributed by atoms with Gasteiger partial charge in [-0.25, -0.2) is 9.80 Å². The summed E-state index contributed by atoms with van der Waals surface area (Å²) < 4.78 is 5.35. The summed E-state index contributed by atoms with van der Waals surface area (Å²) in [7, 11) is 0. The summed E-state index contributed by atoms with van der Waals surface area (Å²) in [6.07, 6.45) is 3.94. The third kappa shape index (κ3) is 4.66. The molecular formula is C24H32ClN5O4. The number of urea groups is 1. The quantitative estimate of drug-likeness (QED) is 0.629. The Labute approximate surface area is 204 Å². The largest absolute Gasteiger partial charge is 0.378 e. The summed E-state index contributed by atoms with van der Waals surface area (Å²) >= 11 is 5.97. The van der Waals surface area contributed by atoms with Crippen molar-refractivity contribution in [1.82, 2.24) is 25.1 Å². The van der Waals surface area contributed by atoms with E-state index >= 15 is 0 Å². The molecule has 2 unspecified atom stereocenters. The summed E-state index contributed by atoms with van der Waals surface area (Å²) in [5.41, 5.74) is 1.28. The summed E-state index contributed by atoms with van der Waals surface area (Å²) in [5, 5.41) is 7.14. The van der Waals surface area contributed by atoms with Crippen LogP contribution in [0.3, 0.4) is 0 Å². The van der Waals surface area contributed by atoms with Crippen molar-refractivity contribution in [3.05, 3.63) is 34.9 Å². The minimum Gasteiger partial charge on any atom is -0.378 e. The zero-order valence-corrected chi connectivity index (χ0v) is 20.1. The van der Waals surface area contributed by atoms with E-state index < -0.39 is 12.1 Å². The molecule has 4 saturated heterocycles. The molecule has 0 aliphatic carbocycles. The van der Waals surface area contributed by atoms with Crippen molar-refractivity contribution in [2.24, 2.45) is 5.92 Å². The Morgan fingerprint density at radius 3 is 2.44 bits per heavy atom. The lowest BCUT2D eigenvalue weighted by Crippen LogP contribution is -2.63. The molecule has 4 amide bonds. The molecule has 2 atom stereocenters. The van der Waals surface area contributed by atoms with Crippen LogP contribution in [-0.2, 0) is 20.7 Å². The van der Waals surface area contributed by atoms with Crippen molar-refractivity contribution in [2.45, 2.75) is 37.8 Å². The second kappa shape index (κ2) is 10.2. The molecule has 4 fully saturated rings. The monoisotopic (exact) mass is 489 g/mol. The van der Waals surface area contributed by atoms with E-state index in [4.69, 9.17) is 16.3 Å². The number of fused-ring (bicyclic) bond motifs is 1. The van der Waals surface area contributed by atoms with Gasteiger partial charge in [-0.3, -0.25) is 14.5 Å². The van der Waals surface area contributed by atoms with Crippen LogP contribution in [0, 0.1) is 5.92 Å². The van der Waals surface area contributed by atoms with Gasteiger partial charge in [-0.15, -0.1) is 0 Å². The molecule has 4 aliphatic rings. The number of hydrogen-bond acceptors (Lipinski definition) is 6. The first-order chi connectivity index (χ1) is 16.5. The van der Waals surface area contributed by atoms with E-state index in [9.17, 15) is 14.4 Å². The molecule has 1 aromatic carbocycles. The maximum atomic E-state index is 13.4. The lowest BCUT2D eigenvalue weighted by Gasteiger charge is -2.39. The Morgan fingerprint density at radius 2 is 1.74 bits per heavy atom. The van der Waals surface area contributed by atoms with E-state index in [1.807, 2.05) is 17.1 Å². The number of benzene rings is 1. The number of ether oxygens (including phenoxy) is 1. The highest BCUT2D eigenvalue weighted by Gasteiger charge is 2.54. The molecule has 34 heavy (non-hydrogen) atoms. The van der Waals surface area contributed by atoms with Gasteiger partial charge in [-0.1, -0.05) is 23.7 Å². The predicted molar refractivity (Wildman–Crippen MR) is 126 cm³/mol. The van der Waals surface area contributed by atoms with Crippen LogP contribution >= 0.6 is 11.6 Å². The van der Waals surface area contributed by atoms with Crippen LogP contribution in [0.15, 0.2) is 24.3 Å². The smallest absolute Gasteiger partial charge is 0.343 e. The van der Waals surface area contributed by atoms with Gasteiger partial charge in [-0.05, 0) is 49.3 Å². The van der Waals surface area contributed by atoms with Crippen LogP contribution in [0.4, 0.5) is 4.79 Å². The number of nitrogens with one attached hydrogen (secondary N) is 1. The second-order valence-corrected chi connectivity index (χ2v) is 9.97. The number of amides is 4. The van der Waals surface area contributed by atoms with Crippen molar-refractivity contribution in [3.63, 3.8) is 0 Å². The minimum absolute atomic E-state index is 0.107. The molecule has 4 heterocycles. The topological polar surface area (TPSA) is 85.4 Å². The van der Waals surface area contributed by atoms with Crippen molar-refractivity contribution in [3.8, 4) is 0 Å². The third-order valence-electron chi connectivity index (χ3n) is 7.48. The highest BCUT2D eigenvalue weighted by Crippen LogP contribution is 2.30. The fraction of sp³-hybridized carbons (Fsp3) is 0.625. The average Bonchev–Trinajstić information content (AvgIpc) is 3.14. The first kappa shape index (κ1) is 23.5. The molecular weight excluding hydrogens is 458 g/mol. The maximum Gasteiger partial charge on any atom is 0.343 e. The molecule has 0 aromatic heterocycles. The number of halogens is 1. The predicted octanol–water partition coefficient (Wildman–Crippen LogP) is 1.36. The van der Waals surface area contributed by atoms with Gasteiger partial charge in [0.15, 0.2) is 0 Å².